The normalized spacial score (nSPS) is 21.2. The van der Waals surface area contributed by atoms with Gasteiger partial charge in [-0.3, -0.25) is 9.36 Å². The number of carbonyl (C=O) groups excluding carboxylic acids is 2. The molecule has 0 spiro atoms. The number of aromatic nitrogens is 3. The van der Waals surface area contributed by atoms with E-state index in [4.69, 9.17) is 10.5 Å². The quantitative estimate of drug-likeness (QED) is 0.641. The zero-order valence-corrected chi connectivity index (χ0v) is 14.3. The van der Waals surface area contributed by atoms with Gasteiger partial charge in [0.25, 0.3) is 0 Å². The van der Waals surface area contributed by atoms with Gasteiger partial charge in [0.2, 0.25) is 5.91 Å². The highest BCUT2D eigenvalue weighted by Crippen LogP contribution is 2.37. The average Bonchev–Trinajstić information content (AvgIpc) is 3.19. The average molecular weight is 365 g/mol. The van der Waals surface area contributed by atoms with E-state index in [1.807, 2.05) is 6.26 Å². The predicted molar refractivity (Wildman–Crippen MR) is 87.5 cm³/mol. The van der Waals surface area contributed by atoms with Crippen LogP contribution in [0.2, 0.25) is 0 Å². The van der Waals surface area contributed by atoms with Gasteiger partial charge in [-0.2, -0.15) is 0 Å². The second-order valence-corrected chi connectivity index (χ2v) is 6.35. The SMILES string of the molecule is CSc1nncn1-c1ccc(C2C(C(C)C(N)=O)OC(=O)N2F)cc1. The Bertz CT molecular complexity index is 797. The molecule has 0 saturated carbocycles. The Labute approximate surface area is 147 Å². The zero-order valence-electron chi connectivity index (χ0n) is 13.5. The highest BCUT2D eigenvalue weighted by molar-refractivity contribution is 7.98. The topological polar surface area (TPSA) is 103 Å². The molecular formula is C15H16FN5O3S. The number of ether oxygens (including phenoxy) is 1. The van der Waals surface area contributed by atoms with Crippen LogP contribution in [-0.2, 0) is 9.53 Å². The molecule has 1 aromatic heterocycles. The molecule has 3 unspecified atom stereocenters. The molecule has 1 fully saturated rings. The summed E-state index contributed by atoms with van der Waals surface area (Å²) in [6, 6.07) is 5.80. The molecular weight excluding hydrogens is 349 g/mol. The minimum Gasteiger partial charge on any atom is -0.441 e. The van der Waals surface area contributed by atoms with E-state index in [9.17, 15) is 14.1 Å². The van der Waals surface area contributed by atoms with Crippen molar-refractivity contribution in [2.45, 2.75) is 24.2 Å². The summed E-state index contributed by atoms with van der Waals surface area (Å²) in [6.07, 6.45) is 1.34. The first-order chi connectivity index (χ1) is 11.9. The second-order valence-electron chi connectivity index (χ2n) is 5.57. The van der Waals surface area contributed by atoms with E-state index in [2.05, 4.69) is 10.2 Å². The van der Waals surface area contributed by atoms with E-state index < -0.39 is 30.1 Å². The molecule has 1 aromatic carbocycles. The van der Waals surface area contributed by atoms with Crippen molar-refractivity contribution in [1.29, 1.82) is 0 Å². The number of rotatable bonds is 5. The van der Waals surface area contributed by atoms with Crippen LogP contribution in [0.3, 0.4) is 0 Å². The van der Waals surface area contributed by atoms with Crippen molar-refractivity contribution >= 4 is 23.8 Å². The van der Waals surface area contributed by atoms with Crippen LogP contribution in [0.15, 0.2) is 35.7 Å². The molecule has 2 aromatic rings. The Hall–Kier alpha value is -2.62. The van der Waals surface area contributed by atoms with Crippen LogP contribution in [0, 0.1) is 5.92 Å². The summed E-state index contributed by atoms with van der Waals surface area (Å²) in [5.41, 5.74) is 6.56. The van der Waals surface area contributed by atoms with Crippen molar-refractivity contribution in [3.8, 4) is 5.69 Å². The van der Waals surface area contributed by atoms with E-state index in [0.29, 0.717) is 10.7 Å². The van der Waals surface area contributed by atoms with E-state index in [1.54, 1.807) is 35.2 Å². The van der Waals surface area contributed by atoms with Gasteiger partial charge in [-0.1, -0.05) is 28.4 Å². The first kappa shape index (κ1) is 17.2. The third kappa shape index (κ3) is 3.04. The molecule has 0 radical (unpaired) electrons. The van der Waals surface area contributed by atoms with Crippen molar-refractivity contribution in [3.63, 3.8) is 0 Å². The predicted octanol–water partition coefficient (Wildman–Crippen LogP) is 1.86. The Balaban J connectivity index is 1.92. The van der Waals surface area contributed by atoms with E-state index in [-0.39, 0.29) is 5.12 Å². The summed E-state index contributed by atoms with van der Waals surface area (Å²) in [6.45, 7) is 1.50. The molecule has 25 heavy (non-hydrogen) atoms. The zero-order chi connectivity index (χ0) is 18.1. The monoisotopic (exact) mass is 365 g/mol. The maximum atomic E-state index is 14.2. The van der Waals surface area contributed by atoms with Crippen LogP contribution < -0.4 is 5.73 Å². The summed E-state index contributed by atoms with van der Waals surface area (Å²) >= 11 is 1.44. The van der Waals surface area contributed by atoms with Crippen LogP contribution in [0.1, 0.15) is 18.5 Å². The van der Waals surface area contributed by atoms with Crippen molar-refractivity contribution in [3.05, 3.63) is 36.2 Å². The molecule has 0 aliphatic carbocycles. The number of benzene rings is 1. The number of nitrogens with zero attached hydrogens (tertiary/aromatic N) is 4. The molecule has 10 heteroatoms. The lowest BCUT2D eigenvalue weighted by atomic mass is 9.92. The van der Waals surface area contributed by atoms with Crippen molar-refractivity contribution in [2.75, 3.05) is 6.26 Å². The van der Waals surface area contributed by atoms with Gasteiger partial charge in [0, 0.05) is 5.69 Å². The Morgan fingerprint density at radius 2 is 2.08 bits per heavy atom. The van der Waals surface area contributed by atoms with Gasteiger partial charge in [-0.25, -0.2) is 4.79 Å². The van der Waals surface area contributed by atoms with Gasteiger partial charge in [0.15, 0.2) is 5.16 Å². The molecule has 1 saturated heterocycles. The molecule has 8 nitrogen and oxygen atoms in total. The number of amides is 2. The van der Waals surface area contributed by atoms with E-state index in [0.717, 1.165) is 5.69 Å². The van der Waals surface area contributed by atoms with Crippen LogP contribution in [0.25, 0.3) is 5.69 Å². The number of hydrogen-bond donors (Lipinski definition) is 1. The molecule has 132 valence electrons. The van der Waals surface area contributed by atoms with Crippen LogP contribution in [-0.4, -0.2) is 44.2 Å². The van der Waals surface area contributed by atoms with Crippen LogP contribution in [0.4, 0.5) is 9.28 Å². The van der Waals surface area contributed by atoms with Gasteiger partial charge in [0.1, 0.15) is 18.5 Å². The number of carbonyl (C=O) groups is 2. The maximum absolute atomic E-state index is 14.2. The lowest BCUT2D eigenvalue weighted by molar-refractivity contribution is -0.124. The number of hydrogen-bond acceptors (Lipinski definition) is 6. The molecule has 3 rings (SSSR count). The van der Waals surface area contributed by atoms with E-state index in [1.165, 1.54) is 18.7 Å². The molecule has 2 amide bonds. The lowest BCUT2D eigenvalue weighted by Crippen LogP contribution is -2.35. The fraction of sp³-hybridized carbons (Fsp3) is 0.333. The summed E-state index contributed by atoms with van der Waals surface area (Å²) < 4.78 is 21.0. The number of halogens is 1. The van der Waals surface area contributed by atoms with E-state index >= 15 is 0 Å². The Morgan fingerprint density at radius 1 is 1.40 bits per heavy atom. The number of primary amides is 1. The maximum Gasteiger partial charge on any atom is 0.439 e. The highest BCUT2D eigenvalue weighted by Gasteiger charge is 2.47. The van der Waals surface area contributed by atoms with Crippen molar-refractivity contribution in [2.24, 2.45) is 11.7 Å². The smallest absolute Gasteiger partial charge is 0.439 e. The van der Waals surface area contributed by atoms with Gasteiger partial charge in [-0.15, -0.1) is 15.3 Å². The summed E-state index contributed by atoms with van der Waals surface area (Å²) in [4.78, 5) is 23.0. The first-order valence-corrected chi connectivity index (χ1v) is 8.65. The highest BCUT2D eigenvalue weighted by atomic mass is 32.2. The molecule has 0 bridgehead atoms. The Morgan fingerprint density at radius 3 is 2.68 bits per heavy atom. The fourth-order valence-corrected chi connectivity index (χ4v) is 3.18. The third-order valence-electron chi connectivity index (χ3n) is 4.12. The Kier molecular flexibility index (Phi) is 4.62. The van der Waals surface area contributed by atoms with Crippen LogP contribution >= 0.6 is 11.8 Å². The largest absolute Gasteiger partial charge is 0.441 e. The molecule has 1 aliphatic rings. The summed E-state index contributed by atoms with van der Waals surface area (Å²) in [5, 5.41) is 8.53. The minimum atomic E-state index is -1.13. The number of thioether (sulfide) groups is 1. The summed E-state index contributed by atoms with van der Waals surface area (Å²) in [5.74, 6) is -1.49. The minimum absolute atomic E-state index is 0.00872. The van der Waals surface area contributed by atoms with Crippen molar-refractivity contribution < 1.29 is 18.8 Å². The van der Waals surface area contributed by atoms with Gasteiger partial charge >= 0.3 is 6.09 Å². The molecule has 2 heterocycles. The van der Waals surface area contributed by atoms with Gasteiger partial charge in [0.05, 0.1) is 5.92 Å². The van der Waals surface area contributed by atoms with Crippen molar-refractivity contribution in [1.82, 2.24) is 19.9 Å². The standard InChI is InChI=1S/C15H16FN5O3S/c1-8(13(17)22)12-11(21(16)15(23)24-12)9-3-5-10(6-4-9)20-7-18-19-14(20)25-2/h3-8,11-12H,1-2H3,(H2,17,22). The number of nitrogens with two attached hydrogens (primary N) is 1. The van der Waals surface area contributed by atoms with Gasteiger partial charge in [-0.05, 0) is 30.9 Å². The van der Waals surface area contributed by atoms with Crippen LogP contribution in [0.5, 0.6) is 0 Å². The lowest BCUT2D eigenvalue weighted by Gasteiger charge is -2.22. The number of cyclic esters (lactones) is 1. The second kappa shape index (κ2) is 6.71. The molecule has 2 N–H and O–H groups in total. The molecule has 3 atom stereocenters. The van der Waals surface area contributed by atoms with Gasteiger partial charge < -0.3 is 10.5 Å². The molecule has 1 aliphatic heterocycles. The third-order valence-corrected chi connectivity index (χ3v) is 4.76. The first-order valence-electron chi connectivity index (χ1n) is 7.43. The fourth-order valence-electron chi connectivity index (χ4n) is 2.70. The summed E-state index contributed by atoms with van der Waals surface area (Å²) in [7, 11) is 0.